The van der Waals surface area contributed by atoms with Gasteiger partial charge in [-0.3, -0.25) is 4.79 Å². The normalized spacial score (nSPS) is 12.9. The van der Waals surface area contributed by atoms with Gasteiger partial charge >= 0.3 is 0 Å². The molecule has 18 heavy (non-hydrogen) atoms. The molecule has 0 saturated heterocycles. The van der Waals surface area contributed by atoms with Crippen LogP contribution < -0.4 is 11.1 Å². The third-order valence-electron chi connectivity index (χ3n) is 3.24. The fourth-order valence-corrected chi connectivity index (χ4v) is 1.88. The number of H-pyrrole nitrogens is 1. The molecule has 1 rings (SSSR count). The third kappa shape index (κ3) is 3.92. The number of carbonyl (C=O) groups excluding carboxylic acids is 1. The average Bonchev–Trinajstić information content (AvgIpc) is 2.86. The maximum Gasteiger partial charge on any atom is 0.198 e. The van der Waals surface area contributed by atoms with E-state index in [4.69, 9.17) is 5.73 Å². The Hall–Kier alpha value is -1.20. The van der Waals surface area contributed by atoms with E-state index >= 15 is 0 Å². The molecule has 0 spiro atoms. The first-order chi connectivity index (χ1) is 8.62. The summed E-state index contributed by atoms with van der Waals surface area (Å²) in [5.74, 6) is 2.06. The number of carbonyl (C=O) groups is 1. The van der Waals surface area contributed by atoms with E-state index in [2.05, 4.69) is 29.1 Å². The van der Waals surface area contributed by atoms with Crippen LogP contribution in [0.2, 0.25) is 0 Å². The number of imidazole rings is 1. The zero-order valence-electron chi connectivity index (χ0n) is 11.4. The summed E-state index contributed by atoms with van der Waals surface area (Å²) < 4.78 is 0. The van der Waals surface area contributed by atoms with Crippen molar-refractivity contribution < 1.29 is 4.79 Å². The second-order valence-corrected chi connectivity index (χ2v) is 4.53. The number of nitrogens with zero attached hydrogens (tertiary/aromatic N) is 1. The Morgan fingerprint density at radius 2 is 2.33 bits per heavy atom. The molecule has 5 heteroatoms. The van der Waals surface area contributed by atoms with E-state index in [9.17, 15) is 4.79 Å². The van der Waals surface area contributed by atoms with Gasteiger partial charge in [0.05, 0.1) is 5.69 Å². The molecule has 1 atom stereocenters. The van der Waals surface area contributed by atoms with Gasteiger partial charge in [0.25, 0.3) is 0 Å². The minimum Gasteiger partial charge on any atom is -0.342 e. The molecule has 0 bridgehead atoms. The first-order valence-electron chi connectivity index (χ1n) is 6.36. The molecule has 1 unspecified atom stereocenters. The summed E-state index contributed by atoms with van der Waals surface area (Å²) in [6.45, 7) is 5.38. The minimum atomic E-state index is 0.0442. The van der Waals surface area contributed by atoms with E-state index in [1.165, 1.54) is 5.92 Å². The number of nitrogens with two attached hydrogens (primary N) is 1. The fraction of sp³-hybridized carbons (Fsp3) is 0.615. The van der Waals surface area contributed by atoms with Crippen molar-refractivity contribution in [2.24, 2.45) is 11.7 Å². The lowest BCUT2D eigenvalue weighted by Gasteiger charge is -2.21. The topological polar surface area (TPSA) is 83.8 Å². The maximum atomic E-state index is 12.1. The van der Waals surface area contributed by atoms with Crippen molar-refractivity contribution in [3.05, 3.63) is 23.6 Å². The Labute approximate surface area is 109 Å². The number of aromatic amines is 1. The summed E-state index contributed by atoms with van der Waals surface area (Å²) in [5.41, 5.74) is 6.20. The van der Waals surface area contributed by atoms with Crippen LogP contribution in [0.5, 0.6) is 0 Å². The van der Waals surface area contributed by atoms with Gasteiger partial charge in [0.15, 0.2) is 11.6 Å². The van der Waals surface area contributed by atoms with Crippen molar-refractivity contribution in [3.8, 4) is 0 Å². The summed E-state index contributed by atoms with van der Waals surface area (Å²) in [6, 6.07) is 0. The Bertz CT molecular complexity index is 375. The maximum absolute atomic E-state index is 12.1. The molecule has 0 aliphatic carbocycles. The van der Waals surface area contributed by atoms with Crippen LogP contribution >= 0.6 is 0 Å². The Morgan fingerprint density at radius 3 is 2.83 bits per heavy atom. The molecule has 101 valence electrons. The van der Waals surface area contributed by atoms with Crippen molar-refractivity contribution >= 4 is 5.78 Å². The van der Waals surface area contributed by atoms with Gasteiger partial charge in [0.2, 0.25) is 0 Å². The van der Waals surface area contributed by atoms with Crippen LogP contribution in [0.3, 0.4) is 0 Å². The summed E-state index contributed by atoms with van der Waals surface area (Å²) in [5, 5.41) is 3.13. The molecule has 0 aliphatic rings. The molecule has 0 aromatic carbocycles. The molecule has 1 radical (unpaired) electrons. The second-order valence-electron chi connectivity index (χ2n) is 4.53. The average molecular weight is 251 g/mol. The summed E-state index contributed by atoms with van der Waals surface area (Å²) >= 11 is 0. The highest BCUT2D eigenvalue weighted by Crippen LogP contribution is 2.21. The lowest BCUT2D eigenvalue weighted by atomic mass is 9.87. The standard InChI is InChI=1S/C13H23N4O/c1-4-9(2)10(7-15-3)5-12(18)13-16-8-11(6-14)17-13/h8,10,15H,4-7,14H2,1-3H3,(H,16,17). The molecule has 0 amide bonds. The van der Waals surface area contributed by atoms with Crippen LogP contribution in [0.1, 0.15) is 43.0 Å². The number of nitrogens with one attached hydrogen (secondary N) is 2. The largest absolute Gasteiger partial charge is 0.342 e. The van der Waals surface area contributed by atoms with Crippen molar-refractivity contribution in [1.29, 1.82) is 0 Å². The summed E-state index contributed by atoms with van der Waals surface area (Å²) in [6.07, 6.45) is 3.17. The van der Waals surface area contributed by atoms with E-state index in [0.717, 1.165) is 18.7 Å². The zero-order chi connectivity index (χ0) is 13.5. The van der Waals surface area contributed by atoms with E-state index in [1.807, 2.05) is 7.05 Å². The van der Waals surface area contributed by atoms with Crippen LogP contribution in [0.15, 0.2) is 6.20 Å². The number of aromatic nitrogens is 2. The Balaban J connectivity index is 2.65. The highest BCUT2D eigenvalue weighted by molar-refractivity contribution is 5.92. The molecule has 1 aromatic heterocycles. The van der Waals surface area contributed by atoms with Crippen LogP contribution in [0.25, 0.3) is 0 Å². The molecule has 0 saturated carbocycles. The summed E-state index contributed by atoms with van der Waals surface area (Å²) in [7, 11) is 1.90. The van der Waals surface area contributed by atoms with Gasteiger partial charge < -0.3 is 16.0 Å². The Morgan fingerprint density at radius 1 is 1.61 bits per heavy atom. The second kappa shape index (κ2) is 7.28. The zero-order valence-corrected chi connectivity index (χ0v) is 11.4. The molecule has 4 N–H and O–H groups in total. The predicted octanol–water partition coefficient (Wildman–Crippen LogP) is 1.28. The summed E-state index contributed by atoms with van der Waals surface area (Å²) in [4.78, 5) is 19.2. The Kier molecular flexibility index (Phi) is 6.01. The van der Waals surface area contributed by atoms with Gasteiger partial charge in [-0.1, -0.05) is 13.8 Å². The smallest absolute Gasteiger partial charge is 0.198 e. The predicted molar refractivity (Wildman–Crippen MR) is 72.1 cm³/mol. The van der Waals surface area contributed by atoms with E-state index in [-0.39, 0.29) is 11.7 Å². The van der Waals surface area contributed by atoms with Crippen molar-refractivity contribution in [2.75, 3.05) is 13.6 Å². The molecule has 0 aliphatic heterocycles. The van der Waals surface area contributed by atoms with E-state index in [1.54, 1.807) is 6.20 Å². The number of rotatable bonds is 8. The number of hydrogen-bond donors (Lipinski definition) is 3. The minimum absolute atomic E-state index is 0.0442. The SMILES string of the molecule is CC[C](C)C(CNC)CC(=O)c1nc(CN)c[nH]1. The number of hydrogen-bond acceptors (Lipinski definition) is 4. The first-order valence-corrected chi connectivity index (χ1v) is 6.36. The van der Waals surface area contributed by atoms with Crippen molar-refractivity contribution in [2.45, 2.75) is 33.2 Å². The quantitative estimate of drug-likeness (QED) is 0.608. The lowest BCUT2D eigenvalue weighted by Crippen LogP contribution is -2.26. The van der Waals surface area contributed by atoms with Gasteiger partial charge in [0, 0.05) is 19.2 Å². The van der Waals surface area contributed by atoms with E-state index < -0.39 is 0 Å². The van der Waals surface area contributed by atoms with Crippen LogP contribution in [-0.2, 0) is 6.54 Å². The fourth-order valence-electron chi connectivity index (χ4n) is 1.88. The van der Waals surface area contributed by atoms with E-state index in [0.29, 0.717) is 18.8 Å². The highest BCUT2D eigenvalue weighted by atomic mass is 16.1. The lowest BCUT2D eigenvalue weighted by molar-refractivity contribution is 0.0953. The molecule has 1 aromatic rings. The van der Waals surface area contributed by atoms with Gasteiger partial charge in [0.1, 0.15) is 0 Å². The number of ketones is 1. The van der Waals surface area contributed by atoms with Crippen molar-refractivity contribution in [1.82, 2.24) is 15.3 Å². The third-order valence-corrected chi connectivity index (χ3v) is 3.24. The van der Waals surface area contributed by atoms with Crippen LogP contribution in [0.4, 0.5) is 0 Å². The first kappa shape index (κ1) is 14.9. The monoisotopic (exact) mass is 251 g/mol. The van der Waals surface area contributed by atoms with Gasteiger partial charge in [-0.25, -0.2) is 4.98 Å². The van der Waals surface area contributed by atoms with Gasteiger partial charge in [-0.2, -0.15) is 0 Å². The molecular formula is C13H23N4O. The van der Waals surface area contributed by atoms with Crippen LogP contribution in [-0.4, -0.2) is 29.3 Å². The molecule has 5 nitrogen and oxygen atoms in total. The molecule has 0 fully saturated rings. The van der Waals surface area contributed by atoms with Gasteiger partial charge in [-0.15, -0.1) is 0 Å². The highest BCUT2D eigenvalue weighted by Gasteiger charge is 2.21. The van der Waals surface area contributed by atoms with Crippen molar-refractivity contribution in [3.63, 3.8) is 0 Å². The molecule has 1 heterocycles. The van der Waals surface area contributed by atoms with Gasteiger partial charge in [-0.05, 0) is 31.8 Å². The molecular weight excluding hydrogens is 228 g/mol. The number of Topliss-reactive ketones (excluding diaryl/α,β-unsaturated/α-hetero) is 1. The van der Waals surface area contributed by atoms with Crippen LogP contribution in [0, 0.1) is 11.8 Å².